The molecule has 21 heavy (non-hydrogen) atoms. The molecule has 0 bridgehead atoms. The Hall–Kier alpha value is -2.41. The number of carboxylic acids is 1. The lowest BCUT2D eigenvalue weighted by molar-refractivity contribution is -0.137. The van der Waals surface area contributed by atoms with Crippen molar-refractivity contribution in [2.75, 3.05) is 5.32 Å². The highest BCUT2D eigenvalue weighted by molar-refractivity contribution is 7.14. The van der Waals surface area contributed by atoms with Gasteiger partial charge in [0.05, 0.1) is 11.3 Å². The smallest absolute Gasteiger partial charge is 0.303 e. The third kappa shape index (κ3) is 4.28. The first-order valence-corrected chi connectivity index (χ1v) is 7.20. The van der Waals surface area contributed by atoms with E-state index in [1.165, 1.54) is 23.5 Å². The van der Waals surface area contributed by atoms with Crippen molar-refractivity contribution in [2.45, 2.75) is 19.3 Å². The number of aromatic hydroxyl groups is 1. The lowest BCUT2D eigenvalue weighted by Crippen LogP contribution is -2.11. The van der Waals surface area contributed by atoms with E-state index in [0.29, 0.717) is 18.0 Å². The molecule has 1 aromatic carbocycles. The van der Waals surface area contributed by atoms with E-state index in [1.54, 1.807) is 17.5 Å². The van der Waals surface area contributed by atoms with Crippen molar-refractivity contribution < 1.29 is 19.8 Å². The molecular weight excluding hydrogens is 292 g/mol. The Bertz CT molecular complexity index is 654. The number of phenols is 1. The van der Waals surface area contributed by atoms with Crippen molar-refractivity contribution in [1.29, 1.82) is 0 Å². The fourth-order valence-electron chi connectivity index (χ4n) is 1.73. The highest BCUT2D eigenvalue weighted by atomic mass is 32.1. The summed E-state index contributed by atoms with van der Waals surface area (Å²) < 4.78 is 0. The Morgan fingerprint density at radius 1 is 1.29 bits per heavy atom. The van der Waals surface area contributed by atoms with Crippen LogP contribution in [0, 0.1) is 0 Å². The molecule has 2 rings (SSSR count). The number of thiazole rings is 1. The molecule has 0 saturated heterocycles. The number of nitrogens with one attached hydrogen (secondary N) is 1. The standard InChI is InChI=1S/C14H14N2O4S/c17-11-6-2-1-5-10(11)13(20)16-14-15-9(8-21-14)4-3-7-12(18)19/h1-2,5-6,8,17H,3-4,7H2,(H,18,19)(H,15,16,20). The largest absolute Gasteiger partial charge is 0.507 e. The number of carbonyl (C=O) groups excluding carboxylic acids is 1. The van der Waals surface area contributed by atoms with Gasteiger partial charge in [-0.2, -0.15) is 0 Å². The minimum Gasteiger partial charge on any atom is -0.507 e. The van der Waals surface area contributed by atoms with Gasteiger partial charge in [-0.3, -0.25) is 14.9 Å². The molecule has 0 aliphatic carbocycles. The normalized spacial score (nSPS) is 10.3. The quantitative estimate of drug-likeness (QED) is 0.761. The third-order valence-electron chi connectivity index (χ3n) is 2.74. The Balaban J connectivity index is 1.95. The molecule has 1 aromatic heterocycles. The van der Waals surface area contributed by atoms with Crippen LogP contribution in [-0.4, -0.2) is 27.1 Å². The maximum atomic E-state index is 12.0. The van der Waals surface area contributed by atoms with Gasteiger partial charge in [0.1, 0.15) is 5.75 Å². The topological polar surface area (TPSA) is 99.5 Å². The predicted octanol–water partition coefficient (Wildman–Crippen LogP) is 2.51. The second-order valence-corrected chi connectivity index (χ2v) is 5.22. The summed E-state index contributed by atoms with van der Waals surface area (Å²) in [6, 6.07) is 6.25. The van der Waals surface area contributed by atoms with Crippen LogP contribution in [-0.2, 0) is 11.2 Å². The zero-order chi connectivity index (χ0) is 15.2. The van der Waals surface area contributed by atoms with Gasteiger partial charge in [-0.05, 0) is 25.0 Å². The molecule has 0 unspecified atom stereocenters. The van der Waals surface area contributed by atoms with Crippen LogP contribution in [0.4, 0.5) is 5.13 Å². The zero-order valence-electron chi connectivity index (χ0n) is 11.1. The number of carbonyl (C=O) groups is 2. The molecular formula is C14H14N2O4S. The third-order valence-corrected chi connectivity index (χ3v) is 3.55. The predicted molar refractivity (Wildman–Crippen MR) is 78.7 cm³/mol. The Morgan fingerprint density at radius 3 is 2.76 bits per heavy atom. The number of aromatic nitrogens is 1. The van der Waals surface area contributed by atoms with Crippen LogP contribution >= 0.6 is 11.3 Å². The van der Waals surface area contributed by atoms with Crippen LogP contribution < -0.4 is 5.32 Å². The number of aryl methyl sites for hydroxylation is 1. The summed E-state index contributed by atoms with van der Waals surface area (Å²) in [5.41, 5.74) is 0.925. The Kier molecular flexibility index (Phi) is 4.89. The molecule has 2 aromatic rings. The fraction of sp³-hybridized carbons (Fsp3) is 0.214. The van der Waals surface area contributed by atoms with Crippen molar-refractivity contribution in [3.63, 3.8) is 0 Å². The average molecular weight is 306 g/mol. The molecule has 0 fully saturated rings. The molecule has 1 amide bonds. The van der Waals surface area contributed by atoms with Crippen LogP contribution in [0.25, 0.3) is 0 Å². The van der Waals surface area contributed by atoms with Gasteiger partial charge in [-0.1, -0.05) is 12.1 Å². The van der Waals surface area contributed by atoms with Gasteiger partial charge in [0.2, 0.25) is 0 Å². The van der Waals surface area contributed by atoms with Crippen molar-refractivity contribution in [3.05, 3.63) is 40.9 Å². The van der Waals surface area contributed by atoms with Crippen molar-refractivity contribution >= 4 is 28.3 Å². The molecule has 0 atom stereocenters. The highest BCUT2D eigenvalue weighted by Crippen LogP contribution is 2.21. The second-order valence-electron chi connectivity index (χ2n) is 4.36. The van der Waals surface area contributed by atoms with E-state index in [2.05, 4.69) is 10.3 Å². The molecule has 6 nitrogen and oxygen atoms in total. The number of aliphatic carboxylic acids is 1. The molecule has 1 heterocycles. The van der Waals surface area contributed by atoms with Gasteiger partial charge in [0, 0.05) is 11.8 Å². The van der Waals surface area contributed by atoms with Crippen molar-refractivity contribution in [1.82, 2.24) is 4.98 Å². The van der Waals surface area contributed by atoms with E-state index >= 15 is 0 Å². The molecule has 0 saturated carbocycles. The summed E-state index contributed by atoms with van der Waals surface area (Å²) in [7, 11) is 0. The van der Waals surface area contributed by atoms with E-state index in [1.807, 2.05) is 0 Å². The number of nitrogens with zero attached hydrogens (tertiary/aromatic N) is 1. The molecule has 0 spiro atoms. The van der Waals surface area contributed by atoms with Gasteiger partial charge in [-0.25, -0.2) is 4.98 Å². The molecule has 110 valence electrons. The molecule has 0 radical (unpaired) electrons. The van der Waals surface area contributed by atoms with Gasteiger partial charge < -0.3 is 10.2 Å². The lowest BCUT2D eigenvalue weighted by Gasteiger charge is -2.03. The van der Waals surface area contributed by atoms with E-state index in [4.69, 9.17) is 5.11 Å². The minimum absolute atomic E-state index is 0.0896. The number of benzene rings is 1. The first kappa shape index (κ1) is 15.0. The zero-order valence-corrected chi connectivity index (χ0v) is 11.9. The van der Waals surface area contributed by atoms with Crippen LogP contribution in [0.15, 0.2) is 29.6 Å². The number of anilines is 1. The molecule has 0 aliphatic rings. The minimum atomic E-state index is -0.835. The summed E-state index contributed by atoms with van der Waals surface area (Å²) in [6.07, 6.45) is 1.15. The number of para-hydroxylation sites is 1. The first-order chi connectivity index (χ1) is 10.1. The highest BCUT2D eigenvalue weighted by Gasteiger charge is 2.12. The van der Waals surface area contributed by atoms with Crippen molar-refractivity contribution in [2.24, 2.45) is 0 Å². The average Bonchev–Trinajstić information content (AvgIpc) is 2.86. The number of amides is 1. The lowest BCUT2D eigenvalue weighted by atomic mass is 10.2. The molecule has 0 aliphatic heterocycles. The van der Waals surface area contributed by atoms with Gasteiger partial charge in [-0.15, -0.1) is 11.3 Å². The van der Waals surface area contributed by atoms with E-state index in [9.17, 15) is 14.7 Å². The van der Waals surface area contributed by atoms with Crippen molar-refractivity contribution in [3.8, 4) is 5.75 Å². The second kappa shape index (κ2) is 6.85. The summed E-state index contributed by atoms with van der Waals surface area (Å²) in [6.45, 7) is 0. The Labute approximate surface area is 125 Å². The number of phenolic OH excluding ortho intramolecular Hbond substituents is 1. The summed E-state index contributed by atoms with van der Waals surface area (Å²) in [4.78, 5) is 26.6. The molecule has 3 N–H and O–H groups in total. The van der Waals surface area contributed by atoms with Crippen LogP contribution in [0.5, 0.6) is 5.75 Å². The van der Waals surface area contributed by atoms with E-state index in [0.717, 1.165) is 5.69 Å². The van der Waals surface area contributed by atoms with Crippen LogP contribution in [0.1, 0.15) is 28.9 Å². The first-order valence-electron chi connectivity index (χ1n) is 6.32. The Morgan fingerprint density at radius 2 is 2.05 bits per heavy atom. The number of rotatable bonds is 6. The maximum absolute atomic E-state index is 12.0. The van der Waals surface area contributed by atoms with Gasteiger partial charge >= 0.3 is 5.97 Å². The van der Waals surface area contributed by atoms with Crippen LogP contribution in [0.3, 0.4) is 0 Å². The number of carboxylic acid groups (broad SMARTS) is 1. The van der Waals surface area contributed by atoms with Crippen LogP contribution in [0.2, 0.25) is 0 Å². The summed E-state index contributed by atoms with van der Waals surface area (Å²) >= 11 is 1.27. The molecule has 7 heteroatoms. The van der Waals surface area contributed by atoms with Gasteiger partial charge in [0.15, 0.2) is 5.13 Å². The summed E-state index contributed by atoms with van der Waals surface area (Å²) in [5.74, 6) is -1.36. The monoisotopic (exact) mass is 306 g/mol. The number of hydrogen-bond donors (Lipinski definition) is 3. The van der Waals surface area contributed by atoms with E-state index < -0.39 is 11.9 Å². The fourth-order valence-corrected chi connectivity index (χ4v) is 2.47. The van der Waals surface area contributed by atoms with Gasteiger partial charge in [0.25, 0.3) is 5.91 Å². The number of hydrogen-bond acceptors (Lipinski definition) is 5. The summed E-state index contributed by atoms with van der Waals surface area (Å²) in [5, 5.41) is 23.0. The maximum Gasteiger partial charge on any atom is 0.303 e. The SMILES string of the molecule is O=C(O)CCCc1csc(NC(=O)c2ccccc2O)n1. The van der Waals surface area contributed by atoms with E-state index in [-0.39, 0.29) is 17.7 Å².